The van der Waals surface area contributed by atoms with Gasteiger partial charge in [-0.15, -0.1) is 0 Å². The third kappa shape index (κ3) is 3.99. The van der Waals surface area contributed by atoms with E-state index in [0.717, 1.165) is 36.1 Å². The quantitative estimate of drug-likeness (QED) is 0.676. The SMILES string of the molecule is CCOC(=O)N1c2ccc3c(c2[C@H](N(Cc2ccccc2)C(=O)OC)C[C@@H]1C)CCC3. The summed E-state index contributed by atoms with van der Waals surface area (Å²) in [5, 5.41) is 0. The Balaban J connectivity index is 1.81. The molecule has 2 aliphatic rings. The van der Waals surface area contributed by atoms with Crippen LogP contribution in [0.2, 0.25) is 0 Å². The van der Waals surface area contributed by atoms with Crippen LogP contribution in [0.4, 0.5) is 15.3 Å². The van der Waals surface area contributed by atoms with Gasteiger partial charge in [-0.1, -0.05) is 36.4 Å². The van der Waals surface area contributed by atoms with E-state index in [9.17, 15) is 9.59 Å². The van der Waals surface area contributed by atoms with Crippen molar-refractivity contribution in [2.24, 2.45) is 0 Å². The van der Waals surface area contributed by atoms with Crippen molar-refractivity contribution in [2.45, 2.75) is 58.2 Å². The number of hydrogen-bond donors (Lipinski definition) is 0. The molecular weight excluding hydrogens is 392 g/mol. The third-order valence-corrected chi connectivity index (χ3v) is 6.35. The van der Waals surface area contributed by atoms with Gasteiger partial charge in [0.2, 0.25) is 0 Å². The van der Waals surface area contributed by atoms with Crippen LogP contribution in [-0.4, -0.2) is 36.8 Å². The first kappa shape index (κ1) is 21.2. The van der Waals surface area contributed by atoms with Crippen LogP contribution in [0.3, 0.4) is 0 Å². The van der Waals surface area contributed by atoms with E-state index in [0.29, 0.717) is 19.6 Å². The maximum absolute atomic E-state index is 12.9. The van der Waals surface area contributed by atoms with Crippen molar-refractivity contribution in [3.8, 4) is 0 Å². The number of amides is 2. The Morgan fingerprint density at radius 3 is 2.61 bits per heavy atom. The smallest absolute Gasteiger partial charge is 0.414 e. The molecule has 6 heteroatoms. The topological polar surface area (TPSA) is 59.1 Å². The van der Waals surface area contributed by atoms with E-state index < -0.39 is 0 Å². The maximum Gasteiger partial charge on any atom is 0.414 e. The molecule has 0 aromatic heterocycles. The van der Waals surface area contributed by atoms with Crippen molar-refractivity contribution in [1.82, 2.24) is 4.90 Å². The third-order valence-electron chi connectivity index (χ3n) is 6.35. The molecular formula is C25H30N2O4. The monoisotopic (exact) mass is 422 g/mol. The average Bonchev–Trinajstić information content (AvgIpc) is 3.26. The Morgan fingerprint density at radius 2 is 1.90 bits per heavy atom. The minimum absolute atomic E-state index is 0.112. The summed E-state index contributed by atoms with van der Waals surface area (Å²) in [6, 6.07) is 13.8. The molecule has 2 atom stereocenters. The van der Waals surface area contributed by atoms with Crippen LogP contribution in [0.1, 0.15) is 55.0 Å². The number of carbonyl (C=O) groups is 2. The first-order valence-corrected chi connectivity index (χ1v) is 11.0. The van der Waals surface area contributed by atoms with Crippen molar-refractivity contribution >= 4 is 17.9 Å². The highest BCUT2D eigenvalue weighted by atomic mass is 16.6. The zero-order valence-electron chi connectivity index (χ0n) is 18.5. The lowest BCUT2D eigenvalue weighted by atomic mass is 9.86. The first-order chi connectivity index (χ1) is 15.0. The fraction of sp³-hybridized carbons (Fsp3) is 0.440. The zero-order valence-corrected chi connectivity index (χ0v) is 18.5. The standard InChI is InChI=1S/C25H30N2O4/c1-4-31-25(29)27-17(2)15-22(23-20-12-8-11-19(20)13-14-21(23)27)26(24(28)30-3)16-18-9-6-5-7-10-18/h5-7,9-10,13-14,17,22H,4,8,11-12,15-16H2,1-3H3/t17-,22+/m0/s1. The van der Waals surface area contributed by atoms with Gasteiger partial charge in [-0.2, -0.15) is 0 Å². The van der Waals surface area contributed by atoms with Gasteiger partial charge in [0.15, 0.2) is 0 Å². The number of rotatable bonds is 4. The Labute approximate surface area is 183 Å². The van der Waals surface area contributed by atoms with Crippen LogP contribution in [0, 0.1) is 0 Å². The van der Waals surface area contributed by atoms with Crippen molar-refractivity contribution in [3.63, 3.8) is 0 Å². The predicted octanol–water partition coefficient (Wildman–Crippen LogP) is 5.24. The van der Waals surface area contributed by atoms with Crippen LogP contribution < -0.4 is 4.90 Å². The second-order valence-electron chi connectivity index (χ2n) is 8.24. The Bertz CT molecular complexity index is 959. The molecule has 0 N–H and O–H groups in total. The molecule has 0 radical (unpaired) electrons. The Hall–Kier alpha value is -3.02. The van der Waals surface area contributed by atoms with Crippen LogP contribution in [-0.2, 0) is 28.9 Å². The number of benzene rings is 2. The average molecular weight is 423 g/mol. The molecule has 0 spiro atoms. The summed E-state index contributed by atoms with van der Waals surface area (Å²) in [5.74, 6) is 0. The molecule has 0 bridgehead atoms. The van der Waals surface area contributed by atoms with Gasteiger partial charge in [0.25, 0.3) is 0 Å². The van der Waals surface area contributed by atoms with Gasteiger partial charge in [0.05, 0.1) is 25.4 Å². The number of fused-ring (bicyclic) bond motifs is 3. The van der Waals surface area contributed by atoms with Crippen molar-refractivity contribution in [3.05, 3.63) is 64.7 Å². The highest BCUT2D eigenvalue weighted by Crippen LogP contribution is 2.46. The number of ether oxygens (including phenoxy) is 2. The molecule has 2 amide bonds. The fourth-order valence-corrected chi connectivity index (χ4v) is 5.00. The summed E-state index contributed by atoms with van der Waals surface area (Å²) >= 11 is 0. The minimum Gasteiger partial charge on any atom is -0.453 e. The van der Waals surface area contributed by atoms with Crippen LogP contribution in [0.25, 0.3) is 0 Å². The van der Waals surface area contributed by atoms with Crippen molar-refractivity contribution < 1.29 is 19.1 Å². The van der Waals surface area contributed by atoms with E-state index in [4.69, 9.17) is 9.47 Å². The largest absolute Gasteiger partial charge is 0.453 e. The molecule has 31 heavy (non-hydrogen) atoms. The summed E-state index contributed by atoms with van der Waals surface area (Å²) < 4.78 is 10.6. The van der Waals surface area contributed by atoms with Crippen LogP contribution >= 0.6 is 0 Å². The summed E-state index contributed by atoms with van der Waals surface area (Å²) in [4.78, 5) is 29.3. The van der Waals surface area contributed by atoms with Gasteiger partial charge in [-0.05, 0) is 62.3 Å². The predicted molar refractivity (Wildman–Crippen MR) is 119 cm³/mol. The number of methoxy groups -OCH3 is 1. The molecule has 2 aromatic rings. The first-order valence-electron chi connectivity index (χ1n) is 11.0. The molecule has 1 heterocycles. The van der Waals surface area contributed by atoms with E-state index in [1.165, 1.54) is 18.2 Å². The zero-order chi connectivity index (χ0) is 22.0. The van der Waals surface area contributed by atoms with E-state index in [1.807, 2.05) is 55.1 Å². The van der Waals surface area contributed by atoms with Gasteiger partial charge in [-0.25, -0.2) is 9.59 Å². The van der Waals surface area contributed by atoms with Crippen molar-refractivity contribution in [2.75, 3.05) is 18.6 Å². The summed E-state index contributed by atoms with van der Waals surface area (Å²) in [5.41, 5.74) is 5.55. The molecule has 1 aliphatic heterocycles. The van der Waals surface area contributed by atoms with Gasteiger partial charge in [0, 0.05) is 18.2 Å². The second kappa shape index (κ2) is 9.00. The normalized spacial score (nSPS) is 19.4. The van der Waals surface area contributed by atoms with Gasteiger partial charge < -0.3 is 9.47 Å². The van der Waals surface area contributed by atoms with Crippen LogP contribution in [0.5, 0.6) is 0 Å². The highest BCUT2D eigenvalue weighted by Gasteiger charge is 2.41. The highest BCUT2D eigenvalue weighted by molar-refractivity contribution is 5.91. The molecule has 0 saturated heterocycles. The molecule has 1 aliphatic carbocycles. The lowest BCUT2D eigenvalue weighted by Crippen LogP contribution is -2.48. The van der Waals surface area contributed by atoms with Crippen molar-refractivity contribution in [1.29, 1.82) is 0 Å². The number of hydrogen-bond acceptors (Lipinski definition) is 4. The van der Waals surface area contributed by atoms with Crippen LogP contribution in [0.15, 0.2) is 42.5 Å². The number of aryl methyl sites for hydroxylation is 1. The number of anilines is 1. The minimum atomic E-state index is -0.354. The Morgan fingerprint density at radius 1 is 1.13 bits per heavy atom. The van der Waals surface area contributed by atoms with E-state index in [-0.39, 0.29) is 24.3 Å². The molecule has 164 valence electrons. The summed E-state index contributed by atoms with van der Waals surface area (Å²) in [7, 11) is 1.42. The molecule has 6 nitrogen and oxygen atoms in total. The van der Waals surface area contributed by atoms with E-state index in [1.54, 1.807) is 4.90 Å². The summed E-state index contributed by atoms with van der Waals surface area (Å²) in [6.07, 6.45) is 3.02. The van der Waals surface area contributed by atoms with Gasteiger partial charge in [-0.3, -0.25) is 9.80 Å². The summed E-state index contributed by atoms with van der Waals surface area (Å²) in [6.45, 7) is 4.61. The number of nitrogens with zero attached hydrogens (tertiary/aromatic N) is 2. The fourth-order valence-electron chi connectivity index (χ4n) is 5.00. The van der Waals surface area contributed by atoms with Gasteiger partial charge >= 0.3 is 12.2 Å². The maximum atomic E-state index is 12.9. The van der Waals surface area contributed by atoms with E-state index in [2.05, 4.69) is 6.07 Å². The molecule has 4 rings (SSSR count). The lowest BCUT2D eigenvalue weighted by molar-refractivity contribution is 0.0940. The second-order valence-corrected chi connectivity index (χ2v) is 8.24. The Kier molecular flexibility index (Phi) is 6.16. The molecule has 0 saturated carbocycles. The lowest BCUT2D eigenvalue weighted by Gasteiger charge is -2.43. The molecule has 0 fully saturated rings. The van der Waals surface area contributed by atoms with Gasteiger partial charge in [0.1, 0.15) is 0 Å². The molecule has 2 aromatic carbocycles. The molecule has 0 unspecified atom stereocenters. The van der Waals surface area contributed by atoms with E-state index >= 15 is 0 Å². The number of carbonyl (C=O) groups excluding carboxylic acids is 2.